The van der Waals surface area contributed by atoms with Crippen LogP contribution in [-0.4, -0.2) is 28.9 Å². The topological polar surface area (TPSA) is 57.6 Å². The van der Waals surface area contributed by atoms with Crippen LogP contribution in [0.1, 0.15) is 22.3 Å². The Labute approximate surface area is 104 Å². The van der Waals surface area contributed by atoms with Gasteiger partial charge in [0.05, 0.1) is 16.6 Å². The number of aryl methyl sites for hydroxylation is 1. The number of halogens is 1. The quantitative estimate of drug-likeness (QED) is 0.821. The first-order chi connectivity index (χ1) is 8.00. The van der Waals surface area contributed by atoms with Crippen molar-refractivity contribution >= 4 is 29.2 Å². The van der Waals surface area contributed by atoms with Gasteiger partial charge in [0, 0.05) is 13.0 Å². The molecule has 0 spiro atoms. The van der Waals surface area contributed by atoms with Crippen LogP contribution in [0.4, 0.5) is 5.69 Å². The van der Waals surface area contributed by atoms with Crippen molar-refractivity contribution in [3.8, 4) is 0 Å². The average molecular weight is 254 g/mol. The van der Waals surface area contributed by atoms with Crippen LogP contribution in [0.3, 0.4) is 0 Å². The fourth-order valence-electron chi connectivity index (χ4n) is 2.05. The van der Waals surface area contributed by atoms with Crippen molar-refractivity contribution in [1.82, 2.24) is 0 Å². The smallest absolute Gasteiger partial charge is 0.338 e. The maximum absolute atomic E-state index is 11.7. The second-order valence-electron chi connectivity index (χ2n) is 4.08. The van der Waals surface area contributed by atoms with Gasteiger partial charge in [-0.15, -0.1) is 11.6 Å². The van der Waals surface area contributed by atoms with Crippen molar-refractivity contribution < 1.29 is 14.7 Å². The van der Waals surface area contributed by atoms with E-state index in [4.69, 9.17) is 11.6 Å². The number of nitrogens with zero attached hydrogens (tertiary/aromatic N) is 1. The van der Waals surface area contributed by atoms with E-state index in [-0.39, 0.29) is 23.3 Å². The Kier molecular flexibility index (Phi) is 3.07. The second kappa shape index (κ2) is 4.37. The maximum Gasteiger partial charge on any atom is 0.338 e. The first kappa shape index (κ1) is 11.9. The van der Waals surface area contributed by atoms with E-state index in [2.05, 4.69) is 0 Å². The molecule has 1 aliphatic rings. The second-order valence-corrected chi connectivity index (χ2v) is 4.70. The Morgan fingerprint density at radius 2 is 2.24 bits per heavy atom. The van der Waals surface area contributed by atoms with Gasteiger partial charge in [-0.3, -0.25) is 4.79 Å². The molecule has 17 heavy (non-hydrogen) atoms. The van der Waals surface area contributed by atoms with Gasteiger partial charge < -0.3 is 10.0 Å². The number of carbonyl (C=O) groups excluding carboxylic acids is 1. The lowest BCUT2D eigenvalue weighted by Gasteiger charge is -2.19. The number of anilines is 1. The summed E-state index contributed by atoms with van der Waals surface area (Å²) in [4.78, 5) is 24.4. The number of amides is 1. The van der Waals surface area contributed by atoms with Gasteiger partial charge in [-0.1, -0.05) is 12.1 Å². The number of hydrogen-bond donors (Lipinski definition) is 1. The largest absolute Gasteiger partial charge is 0.478 e. The maximum atomic E-state index is 11.7. The highest BCUT2D eigenvalue weighted by Gasteiger charge is 2.31. The zero-order valence-electron chi connectivity index (χ0n) is 9.31. The van der Waals surface area contributed by atoms with Gasteiger partial charge in [0.25, 0.3) is 0 Å². The standard InChI is InChI=1S/C12H12ClNO3/c1-7-3-2-4-9(11(7)12(16)17)14-6-8(13)5-10(14)15/h2-4,8H,5-6H2,1H3,(H,16,17). The summed E-state index contributed by atoms with van der Waals surface area (Å²) in [5, 5.41) is 8.94. The van der Waals surface area contributed by atoms with Crippen molar-refractivity contribution in [3.05, 3.63) is 29.3 Å². The van der Waals surface area contributed by atoms with Crippen molar-refractivity contribution in [2.24, 2.45) is 0 Å². The Morgan fingerprint density at radius 1 is 1.53 bits per heavy atom. The highest BCUT2D eigenvalue weighted by atomic mass is 35.5. The SMILES string of the molecule is Cc1cccc(N2CC(Cl)CC2=O)c1C(=O)O. The Morgan fingerprint density at radius 3 is 2.76 bits per heavy atom. The zero-order valence-corrected chi connectivity index (χ0v) is 10.1. The van der Waals surface area contributed by atoms with Gasteiger partial charge in [-0.2, -0.15) is 0 Å². The third-order valence-electron chi connectivity index (χ3n) is 2.83. The normalized spacial score (nSPS) is 19.8. The van der Waals surface area contributed by atoms with Gasteiger partial charge in [-0.05, 0) is 18.6 Å². The molecule has 4 nitrogen and oxygen atoms in total. The lowest BCUT2D eigenvalue weighted by atomic mass is 10.1. The van der Waals surface area contributed by atoms with Crippen LogP contribution in [0.15, 0.2) is 18.2 Å². The van der Waals surface area contributed by atoms with E-state index in [0.717, 1.165) is 0 Å². The molecule has 1 aromatic carbocycles. The molecule has 0 aliphatic carbocycles. The van der Waals surface area contributed by atoms with Crippen molar-refractivity contribution in [1.29, 1.82) is 0 Å². The van der Waals surface area contributed by atoms with Crippen LogP contribution in [0.25, 0.3) is 0 Å². The minimum atomic E-state index is -1.02. The molecule has 1 fully saturated rings. The van der Waals surface area contributed by atoms with E-state index in [1.165, 1.54) is 4.90 Å². The van der Waals surface area contributed by atoms with Crippen LogP contribution in [0.2, 0.25) is 0 Å². The molecule has 1 saturated heterocycles. The van der Waals surface area contributed by atoms with Gasteiger partial charge in [0.2, 0.25) is 5.91 Å². The molecule has 0 bridgehead atoms. The molecule has 5 heteroatoms. The number of rotatable bonds is 2. The molecule has 1 amide bonds. The molecule has 1 heterocycles. The van der Waals surface area contributed by atoms with Crippen LogP contribution in [-0.2, 0) is 4.79 Å². The highest BCUT2D eigenvalue weighted by molar-refractivity contribution is 6.24. The van der Waals surface area contributed by atoms with E-state index in [0.29, 0.717) is 17.8 Å². The van der Waals surface area contributed by atoms with Crippen molar-refractivity contribution in [2.75, 3.05) is 11.4 Å². The predicted molar refractivity (Wildman–Crippen MR) is 64.7 cm³/mol. The lowest BCUT2D eigenvalue weighted by molar-refractivity contribution is -0.117. The molecule has 1 N–H and O–H groups in total. The Hall–Kier alpha value is -1.55. The molecule has 90 valence electrons. The number of hydrogen-bond acceptors (Lipinski definition) is 2. The first-order valence-electron chi connectivity index (χ1n) is 5.28. The minimum absolute atomic E-state index is 0.127. The molecule has 0 saturated carbocycles. The molecule has 1 atom stereocenters. The molecule has 1 aliphatic heterocycles. The summed E-state index contributed by atoms with van der Waals surface area (Å²) in [7, 11) is 0. The predicted octanol–water partition coefficient (Wildman–Crippen LogP) is 2.04. The molecule has 1 unspecified atom stereocenters. The summed E-state index contributed by atoms with van der Waals surface area (Å²) < 4.78 is 0. The summed E-state index contributed by atoms with van der Waals surface area (Å²) in [6, 6.07) is 5.10. The summed E-state index contributed by atoms with van der Waals surface area (Å²) in [5.41, 5.74) is 1.25. The van der Waals surface area contributed by atoms with E-state index >= 15 is 0 Å². The van der Waals surface area contributed by atoms with Crippen LogP contribution >= 0.6 is 11.6 Å². The van der Waals surface area contributed by atoms with Gasteiger partial charge >= 0.3 is 5.97 Å². The number of carboxylic acid groups (broad SMARTS) is 1. The molecular formula is C12H12ClNO3. The lowest BCUT2D eigenvalue weighted by Crippen LogP contribution is -2.27. The molecule has 2 rings (SSSR count). The van der Waals surface area contributed by atoms with Crippen LogP contribution in [0, 0.1) is 6.92 Å². The number of aromatic carboxylic acids is 1. The van der Waals surface area contributed by atoms with E-state index in [1.807, 2.05) is 0 Å². The third-order valence-corrected chi connectivity index (χ3v) is 3.13. The minimum Gasteiger partial charge on any atom is -0.478 e. The fourth-order valence-corrected chi connectivity index (χ4v) is 2.32. The van der Waals surface area contributed by atoms with E-state index < -0.39 is 5.97 Å². The summed E-state index contributed by atoms with van der Waals surface area (Å²) >= 11 is 5.91. The third kappa shape index (κ3) is 2.13. The van der Waals surface area contributed by atoms with Gasteiger partial charge in [0.15, 0.2) is 0 Å². The molecule has 0 radical (unpaired) electrons. The van der Waals surface area contributed by atoms with Gasteiger partial charge in [-0.25, -0.2) is 4.79 Å². The number of carboxylic acids is 1. The van der Waals surface area contributed by atoms with E-state index in [9.17, 15) is 14.7 Å². The number of alkyl halides is 1. The zero-order chi connectivity index (χ0) is 12.6. The number of benzene rings is 1. The molecular weight excluding hydrogens is 242 g/mol. The van der Waals surface area contributed by atoms with Crippen LogP contribution < -0.4 is 4.90 Å². The monoisotopic (exact) mass is 253 g/mol. The molecule has 1 aromatic rings. The fraction of sp³-hybridized carbons (Fsp3) is 0.333. The highest BCUT2D eigenvalue weighted by Crippen LogP contribution is 2.29. The summed E-state index contributed by atoms with van der Waals surface area (Å²) in [5.74, 6) is -1.15. The van der Waals surface area contributed by atoms with Gasteiger partial charge in [0.1, 0.15) is 0 Å². The van der Waals surface area contributed by atoms with Crippen molar-refractivity contribution in [2.45, 2.75) is 18.7 Å². The van der Waals surface area contributed by atoms with Crippen LogP contribution in [0.5, 0.6) is 0 Å². The van der Waals surface area contributed by atoms with Crippen molar-refractivity contribution in [3.63, 3.8) is 0 Å². The molecule has 0 aromatic heterocycles. The number of carbonyl (C=O) groups is 2. The summed E-state index contributed by atoms with van der Waals surface area (Å²) in [6.07, 6.45) is 0.258. The Bertz CT molecular complexity index is 487. The average Bonchev–Trinajstić information content (AvgIpc) is 2.56. The van der Waals surface area contributed by atoms with E-state index in [1.54, 1.807) is 25.1 Å². The summed E-state index contributed by atoms with van der Waals surface area (Å²) in [6.45, 7) is 2.08. The first-order valence-corrected chi connectivity index (χ1v) is 5.71. The Balaban J connectivity index is 2.49.